The van der Waals surface area contributed by atoms with Crippen molar-refractivity contribution >= 4 is 29.1 Å². The van der Waals surface area contributed by atoms with E-state index in [1.165, 1.54) is 11.8 Å². The third-order valence-corrected chi connectivity index (χ3v) is 4.33. The Morgan fingerprint density at radius 2 is 2.40 bits per heavy atom. The maximum absolute atomic E-state index is 10.7. The molecule has 0 bridgehead atoms. The van der Waals surface area contributed by atoms with Crippen LogP contribution in [-0.4, -0.2) is 45.3 Å². The first-order valence-electron chi connectivity index (χ1n) is 6.03. The molecule has 0 aromatic carbocycles. The molecule has 108 valence electrons. The first kappa shape index (κ1) is 15.0. The van der Waals surface area contributed by atoms with Crippen molar-refractivity contribution < 1.29 is 14.6 Å². The molecule has 2 heterocycles. The second-order valence-electron chi connectivity index (χ2n) is 3.96. The van der Waals surface area contributed by atoms with Gasteiger partial charge in [-0.2, -0.15) is 0 Å². The summed E-state index contributed by atoms with van der Waals surface area (Å²) in [5.74, 6) is -0.101. The van der Waals surface area contributed by atoms with Crippen LogP contribution in [0.4, 0.5) is 0 Å². The van der Waals surface area contributed by atoms with Gasteiger partial charge in [0, 0.05) is 20.3 Å². The lowest BCUT2D eigenvalue weighted by Crippen LogP contribution is -2.06. The minimum Gasteiger partial charge on any atom is -0.481 e. The van der Waals surface area contributed by atoms with E-state index >= 15 is 0 Å². The Bertz CT molecular complexity index is 554. The van der Waals surface area contributed by atoms with Crippen molar-refractivity contribution in [3.63, 3.8) is 0 Å². The van der Waals surface area contributed by atoms with Gasteiger partial charge < -0.3 is 14.4 Å². The fraction of sp³-hybridized carbons (Fsp3) is 0.417. The fourth-order valence-electron chi connectivity index (χ4n) is 1.68. The highest BCUT2D eigenvalue weighted by atomic mass is 32.2. The average Bonchev–Trinajstić information content (AvgIpc) is 3.05. The van der Waals surface area contributed by atoms with Crippen LogP contribution < -0.4 is 0 Å². The molecule has 2 aromatic heterocycles. The lowest BCUT2D eigenvalue weighted by Gasteiger charge is -2.08. The van der Waals surface area contributed by atoms with Crippen LogP contribution in [0, 0.1) is 0 Å². The molecule has 0 radical (unpaired) electrons. The molecule has 6 nitrogen and oxygen atoms in total. The van der Waals surface area contributed by atoms with Crippen molar-refractivity contribution in [2.45, 2.75) is 18.1 Å². The lowest BCUT2D eigenvalue weighted by molar-refractivity contribution is -0.133. The number of ether oxygens (including phenoxy) is 1. The molecule has 0 aliphatic heterocycles. The Balaban J connectivity index is 2.20. The topological polar surface area (TPSA) is 77.2 Å². The normalized spacial score (nSPS) is 10.8. The van der Waals surface area contributed by atoms with Gasteiger partial charge in [0.1, 0.15) is 0 Å². The lowest BCUT2D eigenvalue weighted by atomic mass is 10.4. The number of thiophene rings is 1. The highest BCUT2D eigenvalue weighted by molar-refractivity contribution is 7.99. The molecule has 1 N–H and O–H groups in total. The Kier molecular flexibility index (Phi) is 5.57. The Morgan fingerprint density at radius 3 is 3.05 bits per heavy atom. The number of carboxylic acids is 1. The zero-order valence-corrected chi connectivity index (χ0v) is 12.6. The summed E-state index contributed by atoms with van der Waals surface area (Å²) in [6.45, 7) is 1.35. The second kappa shape index (κ2) is 7.41. The molecular formula is C12H15N3O3S2. The monoisotopic (exact) mass is 313 g/mol. The number of carbonyl (C=O) groups is 1. The zero-order valence-electron chi connectivity index (χ0n) is 11.0. The number of aromatic nitrogens is 3. The van der Waals surface area contributed by atoms with Gasteiger partial charge in [-0.25, -0.2) is 0 Å². The van der Waals surface area contributed by atoms with E-state index in [9.17, 15) is 4.79 Å². The molecule has 0 aliphatic rings. The number of methoxy groups -OCH3 is 1. The van der Waals surface area contributed by atoms with Crippen LogP contribution in [0.1, 0.15) is 6.42 Å². The van der Waals surface area contributed by atoms with Crippen molar-refractivity contribution in [2.24, 2.45) is 0 Å². The maximum Gasteiger partial charge on any atom is 0.313 e. The maximum atomic E-state index is 10.7. The minimum atomic E-state index is -0.862. The molecule has 20 heavy (non-hydrogen) atoms. The van der Waals surface area contributed by atoms with Crippen molar-refractivity contribution in [3.05, 3.63) is 17.5 Å². The van der Waals surface area contributed by atoms with Crippen molar-refractivity contribution in [3.8, 4) is 10.7 Å². The van der Waals surface area contributed by atoms with Gasteiger partial charge in [-0.15, -0.1) is 21.5 Å². The van der Waals surface area contributed by atoms with E-state index in [1.54, 1.807) is 18.4 Å². The third-order valence-electron chi connectivity index (χ3n) is 2.51. The predicted molar refractivity (Wildman–Crippen MR) is 78.2 cm³/mol. The summed E-state index contributed by atoms with van der Waals surface area (Å²) in [6.07, 6.45) is 0.827. The van der Waals surface area contributed by atoms with E-state index < -0.39 is 5.97 Å². The number of aliphatic carboxylic acids is 1. The molecule has 0 saturated carbocycles. The van der Waals surface area contributed by atoms with Crippen molar-refractivity contribution in [2.75, 3.05) is 19.5 Å². The molecule has 0 amide bonds. The number of nitrogens with zero attached hydrogens (tertiary/aromatic N) is 3. The number of hydrogen-bond acceptors (Lipinski definition) is 6. The summed E-state index contributed by atoms with van der Waals surface area (Å²) >= 11 is 2.77. The van der Waals surface area contributed by atoms with E-state index in [1.807, 2.05) is 22.1 Å². The van der Waals surface area contributed by atoms with Crippen molar-refractivity contribution in [1.82, 2.24) is 14.8 Å². The number of thioether (sulfide) groups is 1. The standard InChI is InChI=1S/C12H15N3O3S2/c1-18-6-3-5-15-11(9-4-2-7-19-9)13-14-12(15)20-8-10(16)17/h2,4,7H,3,5-6,8H2,1H3,(H,16,17). The van der Waals surface area contributed by atoms with E-state index in [0.29, 0.717) is 18.3 Å². The summed E-state index contributed by atoms with van der Waals surface area (Å²) in [6, 6.07) is 3.94. The summed E-state index contributed by atoms with van der Waals surface area (Å²) in [5.41, 5.74) is 0. The molecule has 0 saturated heterocycles. The minimum absolute atomic E-state index is 0.0210. The molecule has 0 aliphatic carbocycles. The smallest absolute Gasteiger partial charge is 0.313 e. The first-order chi connectivity index (χ1) is 9.72. The quantitative estimate of drug-likeness (QED) is 0.595. The van der Waals surface area contributed by atoms with Gasteiger partial charge in [-0.1, -0.05) is 17.8 Å². The van der Waals surface area contributed by atoms with Crippen LogP contribution in [0.25, 0.3) is 10.7 Å². The first-order valence-corrected chi connectivity index (χ1v) is 7.89. The second-order valence-corrected chi connectivity index (χ2v) is 5.85. The highest BCUT2D eigenvalue weighted by Gasteiger charge is 2.15. The molecule has 0 spiro atoms. The number of hydrogen-bond donors (Lipinski definition) is 1. The van der Waals surface area contributed by atoms with Gasteiger partial charge in [0.05, 0.1) is 10.6 Å². The molecule has 8 heteroatoms. The van der Waals surface area contributed by atoms with E-state index in [4.69, 9.17) is 9.84 Å². The number of carboxylic acid groups (broad SMARTS) is 1. The van der Waals surface area contributed by atoms with Gasteiger partial charge in [-0.3, -0.25) is 4.79 Å². The molecule has 2 rings (SSSR count). The van der Waals surface area contributed by atoms with Gasteiger partial charge in [0.2, 0.25) is 0 Å². The molecule has 0 unspecified atom stereocenters. The summed E-state index contributed by atoms with van der Waals surface area (Å²) < 4.78 is 7.01. The van der Waals surface area contributed by atoms with Crippen LogP contribution in [0.3, 0.4) is 0 Å². The van der Waals surface area contributed by atoms with Crippen molar-refractivity contribution in [1.29, 1.82) is 0 Å². The third kappa shape index (κ3) is 3.81. The Hall–Kier alpha value is -1.38. The molecule has 0 fully saturated rings. The van der Waals surface area contributed by atoms with Gasteiger partial charge in [0.25, 0.3) is 0 Å². The average molecular weight is 313 g/mol. The zero-order chi connectivity index (χ0) is 14.4. The van der Waals surface area contributed by atoms with E-state index in [-0.39, 0.29) is 5.75 Å². The Morgan fingerprint density at radius 1 is 1.55 bits per heavy atom. The number of rotatable bonds is 8. The Labute approximate surface area is 124 Å². The molecule has 0 atom stereocenters. The fourth-order valence-corrected chi connectivity index (χ4v) is 3.08. The van der Waals surface area contributed by atoms with Gasteiger partial charge in [0.15, 0.2) is 11.0 Å². The van der Waals surface area contributed by atoms with E-state index in [0.717, 1.165) is 17.1 Å². The summed E-state index contributed by atoms with van der Waals surface area (Å²) in [5, 5.41) is 19.7. The van der Waals surface area contributed by atoms with Crippen LogP contribution in [-0.2, 0) is 16.1 Å². The predicted octanol–water partition coefficient (Wildman–Crippen LogP) is 2.22. The SMILES string of the molecule is COCCCn1c(SCC(=O)O)nnc1-c1cccs1. The molecular weight excluding hydrogens is 298 g/mol. The summed E-state index contributed by atoms with van der Waals surface area (Å²) in [7, 11) is 1.66. The van der Waals surface area contributed by atoms with Gasteiger partial charge >= 0.3 is 5.97 Å². The van der Waals surface area contributed by atoms with Gasteiger partial charge in [-0.05, 0) is 17.9 Å². The largest absolute Gasteiger partial charge is 0.481 e. The van der Waals surface area contributed by atoms with Crippen LogP contribution in [0.5, 0.6) is 0 Å². The molecule has 2 aromatic rings. The van der Waals surface area contributed by atoms with Crippen LogP contribution in [0.2, 0.25) is 0 Å². The van der Waals surface area contributed by atoms with Crippen LogP contribution >= 0.6 is 23.1 Å². The van der Waals surface area contributed by atoms with E-state index in [2.05, 4.69) is 10.2 Å². The highest BCUT2D eigenvalue weighted by Crippen LogP contribution is 2.27. The summed E-state index contributed by atoms with van der Waals surface area (Å²) in [4.78, 5) is 11.7. The van der Waals surface area contributed by atoms with Crippen LogP contribution in [0.15, 0.2) is 22.7 Å².